The number of carbonyl (C=O) groups is 1. The van der Waals surface area contributed by atoms with Crippen LogP contribution in [0.25, 0.3) is 22.2 Å². The molecule has 8 nitrogen and oxygen atoms in total. The van der Waals surface area contributed by atoms with E-state index in [-0.39, 0.29) is 28.5 Å². The number of piperidine rings is 1. The summed E-state index contributed by atoms with van der Waals surface area (Å²) in [5.41, 5.74) is 1.92. The fraction of sp³-hybridized carbons (Fsp3) is 0.458. The molecule has 2 saturated heterocycles. The third-order valence-electron chi connectivity index (χ3n) is 7.13. The molecule has 1 amide bonds. The summed E-state index contributed by atoms with van der Waals surface area (Å²) in [6.07, 6.45) is 4.56. The fourth-order valence-corrected chi connectivity index (χ4v) is 5.46. The van der Waals surface area contributed by atoms with E-state index in [9.17, 15) is 9.90 Å². The second-order valence-corrected chi connectivity index (χ2v) is 9.79. The molecule has 2 aliphatic rings. The van der Waals surface area contributed by atoms with Gasteiger partial charge in [-0.15, -0.1) is 10.2 Å². The Morgan fingerprint density at radius 1 is 1.19 bits per heavy atom. The van der Waals surface area contributed by atoms with E-state index in [4.69, 9.17) is 4.42 Å². The van der Waals surface area contributed by atoms with E-state index in [0.29, 0.717) is 28.3 Å². The second-order valence-electron chi connectivity index (χ2n) is 9.79. The van der Waals surface area contributed by atoms with Gasteiger partial charge in [0.2, 0.25) is 0 Å². The molecule has 0 saturated carbocycles. The molecule has 2 fully saturated rings. The normalized spacial score (nSPS) is 26.9. The number of phenols is 1. The first kappa shape index (κ1) is 20.8. The Hall–Kier alpha value is -3.13. The van der Waals surface area contributed by atoms with Crippen molar-refractivity contribution in [3.63, 3.8) is 0 Å². The maximum absolute atomic E-state index is 11.8. The fourth-order valence-electron chi connectivity index (χ4n) is 5.46. The minimum atomic E-state index is -0.316. The van der Waals surface area contributed by atoms with Crippen LogP contribution in [0.5, 0.6) is 5.75 Å². The van der Waals surface area contributed by atoms with Gasteiger partial charge < -0.3 is 25.1 Å². The Morgan fingerprint density at radius 3 is 2.53 bits per heavy atom. The maximum atomic E-state index is 11.8. The van der Waals surface area contributed by atoms with Crippen LogP contribution in [0.3, 0.4) is 0 Å². The Bertz CT molecular complexity index is 1170. The number of rotatable bonds is 4. The number of aromatic hydroxyl groups is 1. The van der Waals surface area contributed by atoms with Crippen LogP contribution in [-0.2, 0) is 0 Å². The summed E-state index contributed by atoms with van der Waals surface area (Å²) in [4.78, 5) is 14.1. The van der Waals surface area contributed by atoms with E-state index in [2.05, 4.69) is 46.6 Å². The highest BCUT2D eigenvalue weighted by Crippen LogP contribution is 2.44. The molecule has 2 aliphatic heterocycles. The molecule has 3 aromatic rings. The van der Waals surface area contributed by atoms with Crippen LogP contribution < -0.4 is 15.5 Å². The molecule has 5 rings (SSSR count). The molecule has 32 heavy (non-hydrogen) atoms. The molecule has 2 aromatic heterocycles. The van der Waals surface area contributed by atoms with Crippen LogP contribution in [0.15, 0.2) is 34.7 Å². The number of nitrogens with zero attached hydrogens (tertiary/aromatic N) is 3. The van der Waals surface area contributed by atoms with E-state index < -0.39 is 0 Å². The van der Waals surface area contributed by atoms with Gasteiger partial charge in [-0.05, 0) is 69.9 Å². The summed E-state index contributed by atoms with van der Waals surface area (Å²) in [6.45, 7) is 4.63. The second kappa shape index (κ2) is 7.20. The molecule has 1 aromatic carbocycles. The molecule has 8 heteroatoms. The summed E-state index contributed by atoms with van der Waals surface area (Å²) in [5.74, 6) is 0.754. The zero-order chi connectivity index (χ0) is 22.7. The molecule has 3 N–H and O–H groups in total. The van der Waals surface area contributed by atoms with Crippen LogP contribution >= 0.6 is 0 Å². The number of carbonyl (C=O) groups excluding carboxylic acids is 1. The van der Waals surface area contributed by atoms with Crippen molar-refractivity contribution >= 4 is 22.7 Å². The quantitative estimate of drug-likeness (QED) is 0.577. The highest BCUT2D eigenvalue weighted by atomic mass is 16.3. The summed E-state index contributed by atoms with van der Waals surface area (Å²) in [5, 5.41) is 26.4. The third-order valence-corrected chi connectivity index (χ3v) is 7.13. The van der Waals surface area contributed by atoms with Gasteiger partial charge >= 0.3 is 0 Å². The zero-order valence-corrected chi connectivity index (χ0v) is 18.9. The molecular weight excluding hydrogens is 406 g/mol. The van der Waals surface area contributed by atoms with Gasteiger partial charge in [-0.1, -0.05) is 0 Å². The van der Waals surface area contributed by atoms with Crippen LogP contribution in [0.2, 0.25) is 0 Å². The van der Waals surface area contributed by atoms with Crippen molar-refractivity contribution < 1.29 is 14.3 Å². The number of furan rings is 1. The number of phenolic OH excluding ortho intramolecular Hbond substituents is 1. The van der Waals surface area contributed by atoms with Gasteiger partial charge in [-0.25, -0.2) is 0 Å². The Balaban J connectivity index is 1.40. The SMILES string of the molecule is CNC(=O)c1cc2cc(O)c(-c3ccc(N(C)[C@H]4C[C@]5(C)CC[C@](C)(C4)N5)nn3)cc2o1. The lowest BCUT2D eigenvalue weighted by Gasteiger charge is -2.45. The summed E-state index contributed by atoms with van der Waals surface area (Å²) < 4.78 is 5.64. The van der Waals surface area contributed by atoms with Crippen molar-refractivity contribution in [1.29, 1.82) is 0 Å². The zero-order valence-electron chi connectivity index (χ0n) is 18.9. The van der Waals surface area contributed by atoms with E-state index >= 15 is 0 Å². The molecular formula is C24H29N5O3. The lowest BCUT2D eigenvalue weighted by atomic mass is 9.84. The highest BCUT2D eigenvalue weighted by molar-refractivity contribution is 5.97. The number of aromatic nitrogens is 2. The molecule has 0 unspecified atom stereocenters. The minimum absolute atomic E-state index is 0.0629. The lowest BCUT2D eigenvalue weighted by molar-refractivity contribution is 0.0938. The van der Waals surface area contributed by atoms with Gasteiger partial charge in [0.15, 0.2) is 11.6 Å². The lowest BCUT2D eigenvalue weighted by Crippen LogP contribution is -2.58. The number of hydrogen-bond acceptors (Lipinski definition) is 7. The highest BCUT2D eigenvalue weighted by Gasteiger charge is 2.49. The van der Waals surface area contributed by atoms with Crippen molar-refractivity contribution in [1.82, 2.24) is 20.8 Å². The number of amides is 1. The van der Waals surface area contributed by atoms with E-state index in [1.165, 1.54) is 12.8 Å². The average molecular weight is 436 g/mol. The molecule has 3 atom stereocenters. The Kier molecular flexibility index (Phi) is 4.67. The topological polar surface area (TPSA) is 104 Å². The summed E-state index contributed by atoms with van der Waals surface area (Å²) in [7, 11) is 3.63. The first-order valence-electron chi connectivity index (χ1n) is 11.0. The number of hydrogen-bond donors (Lipinski definition) is 3. The first-order valence-corrected chi connectivity index (χ1v) is 11.0. The van der Waals surface area contributed by atoms with Crippen LogP contribution in [0.4, 0.5) is 5.82 Å². The molecule has 4 heterocycles. The Labute approximate surface area is 187 Å². The van der Waals surface area contributed by atoms with Gasteiger partial charge in [0, 0.05) is 42.2 Å². The van der Waals surface area contributed by atoms with Gasteiger partial charge in [0.1, 0.15) is 11.3 Å². The first-order chi connectivity index (χ1) is 15.2. The van der Waals surface area contributed by atoms with Gasteiger partial charge in [-0.2, -0.15) is 0 Å². The standard InChI is InChI=1S/C24H29N5O3/c1-23-7-8-24(2,28-23)13-15(12-23)29(4)21-6-5-17(26-27-21)16-11-19-14(9-18(16)30)10-20(32-19)22(31)25-3/h5-6,9-11,15,28,30H,7-8,12-13H2,1-4H3,(H,25,31)/t15-,23-,24+. The predicted molar refractivity (Wildman–Crippen MR) is 123 cm³/mol. The maximum Gasteiger partial charge on any atom is 0.286 e. The van der Waals surface area contributed by atoms with Crippen molar-refractivity contribution in [2.75, 3.05) is 19.0 Å². The smallest absolute Gasteiger partial charge is 0.286 e. The monoisotopic (exact) mass is 435 g/mol. The molecule has 168 valence electrons. The number of benzene rings is 1. The number of fused-ring (bicyclic) bond motifs is 3. The summed E-state index contributed by atoms with van der Waals surface area (Å²) >= 11 is 0. The van der Waals surface area contributed by atoms with E-state index in [0.717, 1.165) is 18.7 Å². The third kappa shape index (κ3) is 3.48. The van der Waals surface area contributed by atoms with E-state index in [1.54, 1.807) is 25.2 Å². The number of nitrogens with one attached hydrogen (secondary N) is 2. The predicted octanol–water partition coefficient (Wildman–Crippen LogP) is 3.45. The van der Waals surface area contributed by atoms with Crippen LogP contribution in [0.1, 0.15) is 50.1 Å². The van der Waals surface area contributed by atoms with Crippen molar-refractivity contribution in [3.8, 4) is 17.0 Å². The number of anilines is 1. The van der Waals surface area contributed by atoms with Crippen LogP contribution in [0, 0.1) is 0 Å². The van der Waals surface area contributed by atoms with Gasteiger partial charge in [0.25, 0.3) is 5.91 Å². The van der Waals surface area contributed by atoms with Crippen molar-refractivity contribution in [2.45, 2.75) is 56.7 Å². The average Bonchev–Trinajstić information content (AvgIpc) is 3.28. The van der Waals surface area contributed by atoms with E-state index in [1.807, 2.05) is 12.1 Å². The van der Waals surface area contributed by atoms with Crippen molar-refractivity contribution in [3.05, 3.63) is 36.1 Å². The molecule has 0 radical (unpaired) electrons. The Morgan fingerprint density at radius 2 is 1.91 bits per heavy atom. The largest absolute Gasteiger partial charge is 0.507 e. The van der Waals surface area contributed by atoms with Crippen LogP contribution in [-0.4, -0.2) is 52.4 Å². The summed E-state index contributed by atoms with van der Waals surface area (Å²) in [6, 6.07) is 9.07. The molecule has 0 aliphatic carbocycles. The molecule has 0 spiro atoms. The molecule has 2 bridgehead atoms. The van der Waals surface area contributed by atoms with Gasteiger partial charge in [0.05, 0.1) is 5.69 Å². The minimum Gasteiger partial charge on any atom is -0.507 e. The van der Waals surface area contributed by atoms with Crippen molar-refractivity contribution in [2.24, 2.45) is 0 Å². The van der Waals surface area contributed by atoms with Gasteiger partial charge in [-0.3, -0.25) is 4.79 Å².